The molecule has 3 aliphatic rings. The highest BCUT2D eigenvalue weighted by molar-refractivity contribution is 5.86. The summed E-state index contributed by atoms with van der Waals surface area (Å²) >= 11 is 0. The summed E-state index contributed by atoms with van der Waals surface area (Å²) in [5, 5.41) is 6.73. The van der Waals surface area contributed by atoms with Gasteiger partial charge in [0.15, 0.2) is 0 Å². The molecule has 0 radical (unpaired) electrons. The van der Waals surface area contributed by atoms with E-state index in [9.17, 15) is 4.79 Å². The molecular weight excluding hydrogens is 236 g/mol. The maximum atomic E-state index is 12.5. The third-order valence-corrected chi connectivity index (χ3v) is 5.91. The van der Waals surface area contributed by atoms with Crippen LogP contribution in [0.2, 0.25) is 0 Å². The number of carbonyl (C=O) groups excluding carboxylic acids is 1. The average Bonchev–Trinajstić information content (AvgIpc) is 3.01. The quantitative estimate of drug-likeness (QED) is 0.822. The predicted octanol–water partition coefficient (Wildman–Crippen LogP) is 2.46. The molecule has 2 N–H and O–H groups in total. The number of rotatable bonds is 3. The second-order valence-electron chi connectivity index (χ2n) is 7.32. The van der Waals surface area contributed by atoms with E-state index in [-0.39, 0.29) is 11.4 Å². The predicted molar refractivity (Wildman–Crippen MR) is 76.8 cm³/mol. The minimum atomic E-state index is -0.329. The Kier molecular flexibility index (Phi) is 3.59. The lowest BCUT2D eigenvalue weighted by Crippen LogP contribution is -2.59. The Hall–Kier alpha value is -0.570. The molecule has 1 amide bonds. The lowest BCUT2D eigenvalue weighted by atomic mass is 9.83. The van der Waals surface area contributed by atoms with E-state index in [2.05, 4.69) is 24.5 Å². The van der Waals surface area contributed by atoms with Gasteiger partial charge in [-0.15, -0.1) is 0 Å². The van der Waals surface area contributed by atoms with Crippen LogP contribution in [0.5, 0.6) is 0 Å². The van der Waals surface area contributed by atoms with Gasteiger partial charge in [-0.3, -0.25) is 4.79 Å². The van der Waals surface area contributed by atoms with E-state index in [4.69, 9.17) is 0 Å². The van der Waals surface area contributed by atoms with E-state index in [1.807, 2.05) is 0 Å². The summed E-state index contributed by atoms with van der Waals surface area (Å²) in [6.07, 6.45) is 8.93. The molecule has 0 aromatic carbocycles. The highest BCUT2D eigenvalue weighted by Gasteiger charge is 2.43. The van der Waals surface area contributed by atoms with Gasteiger partial charge in [0.05, 0.1) is 5.54 Å². The molecule has 0 spiro atoms. The van der Waals surface area contributed by atoms with Gasteiger partial charge in [-0.05, 0) is 76.7 Å². The fourth-order valence-electron chi connectivity index (χ4n) is 4.63. The number of nitrogens with one attached hydrogen (secondary N) is 2. The number of carbonyl (C=O) groups is 1. The fourth-order valence-corrected chi connectivity index (χ4v) is 4.63. The number of piperidine rings is 1. The van der Waals surface area contributed by atoms with Crippen molar-refractivity contribution in [2.45, 2.75) is 70.4 Å². The van der Waals surface area contributed by atoms with E-state index in [1.165, 1.54) is 38.5 Å². The lowest BCUT2D eigenvalue weighted by Gasteiger charge is -2.36. The van der Waals surface area contributed by atoms with Gasteiger partial charge >= 0.3 is 0 Å². The van der Waals surface area contributed by atoms with Crippen LogP contribution >= 0.6 is 0 Å². The van der Waals surface area contributed by atoms with Crippen LogP contribution in [0.4, 0.5) is 0 Å². The second-order valence-corrected chi connectivity index (χ2v) is 7.32. The fraction of sp³-hybridized carbons (Fsp3) is 0.938. The standard InChI is InChI=1S/C16H28N2O/c1-11(14-10-12-5-6-13(14)9-12)18-15(19)16(2)7-3-4-8-17-16/h11-14,17H,3-10H2,1-2H3,(H,18,19). The molecule has 5 unspecified atom stereocenters. The van der Waals surface area contributed by atoms with Crippen molar-refractivity contribution in [2.24, 2.45) is 17.8 Å². The smallest absolute Gasteiger partial charge is 0.240 e. The van der Waals surface area contributed by atoms with Crippen LogP contribution in [0.3, 0.4) is 0 Å². The van der Waals surface area contributed by atoms with E-state index in [1.54, 1.807) is 0 Å². The molecule has 3 nitrogen and oxygen atoms in total. The molecule has 2 saturated carbocycles. The van der Waals surface area contributed by atoms with Crippen LogP contribution < -0.4 is 10.6 Å². The minimum Gasteiger partial charge on any atom is -0.352 e. The third-order valence-electron chi connectivity index (χ3n) is 5.91. The van der Waals surface area contributed by atoms with Crippen molar-refractivity contribution in [3.05, 3.63) is 0 Å². The molecule has 0 aromatic heterocycles. The molecule has 3 fully saturated rings. The molecule has 108 valence electrons. The number of hydrogen-bond acceptors (Lipinski definition) is 2. The molecule has 1 saturated heterocycles. The molecule has 2 bridgehead atoms. The molecule has 1 heterocycles. The van der Waals surface area contributed by atoms with Gasteiger partial charge in [0, 0.05) is 6.04 Å². The Morgan fingerprint density at radius 1 is 1.32 bits per heavy atom. The summed E-state index contributed by atoms with van der Waals surface area (Å²) in [4.78, 5) is 12.5. The van der Waals surface area contributed by atoms with Crippen molar-refractivity contribution < 1.29 is 4.79 Å². The molecule has 19 heavy (non-hydrogen) atoms. The number of hydrogen-bond donors (Lipinski definition) is 2. The molecule has 1 aliphatic heterocycles. The van der Waals surface area contributed by atoms with E-state index < -0.39 is 0 Å². The molecule has 2 aliphatic carbocycles. The molecule has 5 atom stereocenters. The summed E-state index contributed by atoms with van der Waals surface area (Å²) in [7, 11) is 0. The van der Waals surface area contributed by atoms with Crippen molar-refractivity contribution in [3.63, 3.8) is 0 Å². The highest BCUT2D eigenvalue weighted by Crippen LogP contribution is 2.49. The summed E-state index contributed by atoms with van der Waals surface area (Å²) in [6, 6.07) is 0.350. The molecular formula is C16H28N2O. The van der Waals surface area contributed by atoms with Crippen LogP contribution in [0.25, 0.3) is 0 Å². The van der Waals surface area contributed by atoms with Crippen molar-refractivity contribution in [1.82, 2.24) is 10.6 Å². The van der Waals surface area contributed by atoms with E-state index in [0.717, 1.165) is 30.7 Å². The summed E-state index contributed by atoms with van der Waals surface area (Å²) < 4.78 is 0. The molecule has 3 heteroatoms. The first-order valence-corrected chi connectivity index (χ1v) is 8.14. The Morgan fingerprint density at radius 2 is 2.16 bits per heavy atom. The van der Waals surface area contributed by atoms with Crippen LogP contribution in [0, 0.1) is 17.8 Å². The number of amides is 1. The molecule has 3 rings (SSSR count). The zero-order valence-electron chi connectivity index (χ0n) is 12.4. The Balaban J connectivity index is 1.57. The van der Waals surface area contributed by atoms with E-state index in [0.29, 0.717) is 6.04 Å². The van der Waals surface area contributed by atoms with Crippen molar-refractivity contribution in [2.75, 3.05) is 6.54 Å². The second kappa shape index (κ2) is 5.08. The van der Waals surface area contributed by atoms with Gasteiger partial charge in [0.25, 0.3) is 0 Å². The van der Waals surface area contributed by atoms with Crippen LogP contribution in [-0.2, 0) is 4.79 Å². The maximum Gasteiger partial charge on any atom is 0.240 e. The average molecular weight is 264 g/mol. The topological polar surface area (TPSA) is 41.1 Å². The Labute approximate surface area is 116 Å². The van der Waals surface area contributed by atoms with Gasteiger partial charge in [-0.2, -0.15) is 0 Å². The largest absolute Gasteiger partial charge is 0.352 e. The van der Waals surface area contributed by atoms with Crippen LogP contribution in [0.1, 0.15) is 58.8 Å². The van der Waals surface area contributed by atoms with Gasteiger partial charge in [-0.1, -0.05) is 6.42 Å². The van der Waals surface area contributed by atoms with Crippen LogP contribution in [-0.4, -0.2) is 24.0 Å². The van der Waals surface area contributed by atoms with Gasteiger partial charge in [-0.25, -0.2) is 0 Å². The highest BCUT2D eigenvalue weighted by atomic mass is 16.2. The summed E-state index contributed by atoms with van der Waals surface area (Å²) in [6.45, 7) is 5.26. The van der Waals surface area contributed by atoms with Gasteiger partial charge < -0.3 is 10.6 Å². The first-order chi connectivity index (χ1) is 9.08. The minimum absolute atomic E-state index is 0.225. The van der Waals surface area contributed by atoms with Gasteiger partial charge in [0.1, 0.15) is 0 Å². The summed E-state index contributed by atoms with van der Waals surface area (Å²) in [5.74, 6) is 2.79. The first-order valence-electron chi connectivity index (χ1n) is 8.14. The zero-order valence-corrected chi connectivity index (χ0v) is 12.4. The lowest BCUT2D eigenvalue weighted by molar-refractivity contribution is -0.129. The maximum absolute atomic E-state index is 12.5. The SMILES string of the molecule is CC(NC(=O)C1(C)CCCCN1)C1CC2CCC1C2. The Bertz CT molecular complexity index is 349. The van der Waals surface area contributed by atoms with Crippen molar-refractivity contribution in [1.29, 1.82) is 0 Å². The van der Waals surface area contributed by atoms with Crippen molar-refractivity contribution in [3.8, 4) is 0 Å². The zero-order chi connectivity index (χ0) is 13.5. The van der Waals surface area contributed by atoms with E-state index >= 15 is 0 Å². The Morgan fingerprint density at radius 3 is 2.74 bits per heavy atom. The number of fused-ring (bicyclic) bond motifs is 2. The normalized spacial score (nSPS) is 43.2. The third kappa shape index (κ3) is 2.54. The van der Waals surface area contributed by atoms with Crippen LogP contribution in [0.15, 0.2) is 0 Å². The van der Waals surface area contributed by atoms with Crippen molar-refractivity contribution >= 4 is 5.91 Å². The first kappa shape index (κ1) is 13.4. The summed E-state index contributed by atoms with van der Waals surface area (Å²) in [5.41, 5.74) is -0.329. The van der Waals surface area contributed by atoms with Gasteiger partial charge in [0.2, 0.25) is 5.91 Å². The monoisotopic (exact) mass is 264 g/mol. The molecule has 0 aromatic rings.